The number of nitrogens with one attached hydrogen (secondary N) is 2. The van der Waals surface area contributed by atoms with Crippen molar-refractivity contribution in [2.45, 2.75) is 11.8 Å². The van der Waals surface area contributed by atoms with E-state index in [2.05, 4.69) is 10.2 Å². The Balaban J connectivity index is 2.47. The summed E-state index contributed by atoms with van der Waals surface area (Å²) in [6.45, 7) is 1.44. The van der Waals surface area contributed by atoms with Gasteiger partial charge in [-0.05, 0) is 13.0 Å². The molecule has 3 N–H and O–H groups in total. The fourth-order valence-corrected chi connectivity index (χ4v) is 2.80. The van der Waals surface area contributed by atoms with Crippen molar-refractivity contribution in [2.24, 2.45) is 0 Å². The zero-order valence-electron chi connectivity index (χ0n) is 10.5. The van der Waals surface area contributed by atoms with Crippen molar-refractivity contribution < 1.29 is 27.1 Å². The van der Waals surface area contributed by atoms with E-state index < -0.39 is 38.9 Å². The Bertz CT molecular complexity index is 817. The lowest BCUT2D eigenvalue weighted by molar-refractivity contribution is 0.0692. The molecule has 0 aliphatic heterocycles. The summed E-state index contributed by atoms with van der Waals surface area (Å²) in [5, 5.41) is 14.7. The summed E-state index contributed by atoms with van der Waals surface area (Å²) in [5.74, 6) is -4.18. The van der Waals surface area contributed by atoms with E-state index in [9.17, 15) is 22.0 Å². The number of hydrogen-bond acceptors (Lipinski definition) is 4. The van der Waals surface area contributed by atoms with E-state index in [0.29, 0.717) is 12.1 Å². The third kappa shape index (κ3) is 2.84. The number of anilines is 1. The molecule has 1 aromatic heterocycles. The van der Waals surface area contributed by atoms with Gasteiger partial charge in [-0.15, -0.1) is 0 Å². The normalized spacial score (nSPS) is 11.4. The molecule has 0 saturated heterocycles. The van der Waals surface area contributed by atoms with Crippen molar-refractivity contribution in [1.29, 1.82) is 0 Å². The number of H-pyrrole nitrogens is 1. The second kappa shape index (κ2) is 5.13. The molecular weight excluding hydrogens is 308 g/mol. The van der Waals surface area contributed by atoms with E-state index >= 15 is 0 Å². The van der Waals surface area contributed by atoms with E-state index in [1.54, 1.807) is 0 Å². The lowest BCUT2D eigenvalue weighted by Crippen LogP contribution is -2.15. The number of benzene rings is 1. The van der Waals surface area contributed by atoms with E-state index in [4.69, 9.17) is 5.11 Å². The van der Waals surface area contributed by atoms with Gasteiger partial charge >= 0.3 is 5.97 Å². The van der Waals surface area contributed by atoms with Crippen LogP contribution in [0.3, 0.4) is 0 Å². The summed E-state index contributed by atoms with van der Waals surface area (Å²) in [7, 11) is -4.18. The Hall–Kier alpha value is -2.49. The summed E-state index contributed by atoms with van der Waals surface area (Å²) in [5.41, 5.74) is -1.31. The second-order valence-corrected chi connectivity index (χ2v) is 5.73. The number of aryl methyl sites for hydroxylation is 1. The first-order chi connectivity index (χ1) is 9.72. The maximum Gasteiger partial charge on any atom is 0.338 e. The van der Waals surface area contributed by atoms with Gasteiger partial charge in [-0.2, -0.15) is 5.10 Å². The number of aromatic nitrogens is 2. The molecule has 112 valence electrons. The minimum Gasteiger partial charge on any atom is -0.478 e. The van der Waals surface area contributed by atoms with Gasteiger partial charge in [-0.25, -0.2) is 22.0 Å². The van der Waals surface area contributed by atoms with Gasteiger partial charge in [0.05, 0.1) is 23.1 Å². The molecule has 0 saturated carbocycles. The van der Waals surface area contributed by atoms with Crippen molar-refractivity contribution in [3.05, 3.63) is 41.2 Å². The average molecular weight is 317 g/mol. The molecule has 0 bridgehead atoms. The summed E-state index contributed by atoms with van der Waals surface area (Å²) in [6, 6.07) is 0.865. The van der Waals surface area contributed by atoms with Crippen molar-refractivity contribution >= 4 is 21.7 Å². The Kier molecular flexibility index (Phi) is 3.64. The van der Waals surface area contributed by atoms with Crippen LogP contribution in [0.4, 0.5) is 14.5 Å². The summed E-state index contributed by atoms with van der Waals surface area (Å²) < 4.78 is 52.7. The van der Waals surface area contributed by atoms with Gasteiger partial charge in [-0.3, -0.25) is 9.82 Å². The van der Waals surface area contributed by atoms with Crippen LogP contribution in [0.5, 0.6) is 0 Å². The topological polar surface area (TPSA) is 112 Å². The van der Waals surface area contributed by atoms with Crippen LogP contribution in [0, 0.1) is 18.6 Å². The Labute approximate surface area is 117 Å². The predicted octanol–water partition coefficient (Wildman–Crippen LogP) is 1.50. The first-order valence-corrected chi connectivity index (χ1v) is 6.96. The van der Waals surface area contributed by atoms with Crippen LogP contribution in [0.25, 0.3) is 0 Å². The molecule has 2 aromatic rings. The number of hydrogen-bond donors (Lipinski definition) is 3. The van der Waals surface area contributed by atoms with Gasteiger partial charge in [-0.1, -0.05) is 0 Å². The molecular formula is C11H9F2N3O4S. The molecule has 0 aliphatic carbocycles. The monoisotopic (exact) mass is 317 g/mol. The molecule has 0 unspecified atom stereocenters. The summed E-state index contributed by atoms with van der Waals surface area (Å²) in [6.07, 6.45) is 1.01. The minimum atomic E-state index is -4.18. The lowest BCUT2D eigenvalue weighted by atomic mass is 10.2. The van der Waals surface area contributed by atoms with Crippen LogP contribution in [-0.2, 0) is 10.0 Å². The van der Waals surface area contributed by atoms with E-state index in [1.807, 2.05) is 4.72 Å². The molecule has 0 spiro atoms. The number of nitrogens with zero attached hydrogens (tertiary/aromatic N) is 1. The maximum absolute atomic E-state index is 13.6. The molecule has 1 heterocycles. The molecule has 21 heavy (non-hydrogen) atoms. The van der Waals surface area contributed by atoms with Gasteiger partial charge in [0.15, 0.2) is 0 Å². The fraction of sp³-hybridized carbons (Fsp3) is 0.0909. The van der Waals surface area contributed by atoms with Gasteiger partial charge < -0.3 is 5.11 Å². The van der Waals surface area contributed by atoms with Gasteiger partial charge in [0, 0.05) is 6.07 Å². The lowest BCUT2D eigenvalue weighted by Gasteiger charge is -2.09. The standard InChI is InChI=1S/C11H9F2N3O4S/c1-5-10(4-14-15-5)21(19,20)16-9-2-6(11(17)18)7(12)3-8(9)13/h2-4,16H,1H3,(H,14,15)(H,17,18). The largest absolute Gasteiger partial charge is 0.478 e. The number of carbonyl (C=O) groups is 1. The van der Waals surface area contributed by atoms with E-state index in [1.165, 1.54) is 6.92 Å². The number of halogens is 2. The first kappa shape index (κ1) is 14.9. The second-order valence-electron chi connectivity index (χ2n) is 4.08. The van der Waals surface area contributed by atoms with Crippen molar-refractivity contribution in [3.63, 3.8) is 0 Å². The third-order valence-electron chi connectivity index (χ3n) is 2.60. The minimum absolute atomic E-state index is 0.212. The first-order valence-electron chi connectivity index (χ1n) is 5.47. The highest BCUT2D eigenvalue weighted by Gasteiger charge is 2.22. The zero-order chi connectivity index (χ0) is 15.8. The van der Waals surface area contributed by atoms with Crippen molar-refractivity contribution in [1.82, 2.24) is 10.2 Å². The van der Waals surface area contributed by atoms with Crippen LogP contribution < -0.4 is 4.72 Å². The molecule has 0 amide bonds. The van der Waals surface area contributed by atoms with Crippen LogP contribution in [-0.4, -0.2) is 29.7 Å². The number of sulfonamides is 1. The third-order valence-corrected chi connectivity index (χ3v) is 4.08. The number of carboxylic acid groups (broad SMARTS) is 1. The van der Waals surface area contributed by atoms with E-state index in [0.717, 1.165) is 6.20 Å². The average Bonchev–Trinajstić information content (AvgIpc) is 2.79. The molecule has 0 aliphatic rings. The van der Waals surface area contributed by atoms with Crippen molar-refractivity contribution in [2.75, 3.05) is 4.72 Å². The van der Waals surface area contributed by atoms with Gasteiger partial charge in [0.2, 0.25) is 0 Å². The van der Waals surface area contributed by atoms with Crippen molar-refractivity contribution in [3.8, 4) is 0 Å². The SMILES string of the molecule is Cc1[nH]ncc1S(=O)(=O)Nc1cc(C(=O)O)c(F)cc1F. The highest BCUT2D eigenvalue weighted by molar-refractivity contribution is 7.92. The highest BCUT2D eigenvalue weighted by atomic mass is 32.2. The quantitative estimate of drug-likeness (QED) is 0.791. The summed E-state index contributed by atoms with van der Waals surface area (Å²) in [4.78, 5) is 10.5. The van der Waals surface area contributed by atoms with Crippen LogP contribution >= 0.6 is 0 Å². The van der Waals surface area contributed by atoms with Gasteiger partial charge in [0.1, 0.15) is 16.5 Å². The van der Waals surface area contributed by atoms with Crippen LogP contribution in [0.15, 0.2) is 23.2 Å². The molecule has 0 atom stereocenters. The van der Waals surface area contributed by atoms with Crippen LogP contribution in [0.2, 0.25) is 0 Å². The molecule has 0 fully saturated rings. The Morgan fingerprint density at radius 1 is 1.33 bits per heavy atom. The molecule has 10 heteroatoms. The molecule has 0 radical (unpaired) electrons. The Morgan fingerprint density at radius 3 is 2.52 bits per heavy atom. The van der Waals surface area contributed by atoms with E-state index in [-0.39, 0.29) is 10.6 Å². The molecule has 7 nitrogen and oxygen atoms in total. The number of carboxylic acids is 1. The zero-order valence-corrected chi connectivity index (χ0v) is 11.3. The predicted molar refractivity (Wildman–Crippen MR) is 67.5 cm³/mol. The number of rotatable bonds is 4. The van der Waals surface area contributed by atoms with Gasteiger partial charge in [0.25, 0.3) is 10.0 Å². The van der Waals surface area contributed by atoms with Crippen LogP contribution in [0.1, 0.15) is 16.1 Å². The number of aromatic carboxylic acids is 1. The highest BCUT2D eigenvalue weighted by Crippen LogP contribution is 2.23. The fourth-order valence-electron chi connectivity index (χ4n) is 1.60. The molecule has 1 aromatic carbocycles. The number of aromatic amines is 1. The maximum atomic E-state index is 13.6. The smallest absolute Gasteiger partial charge is 0.338 e. The summed E-state index contributed by atoms with van der Waals surface area (Å²) >= 11 is 0. The Morgan fingerprint density at radius 2 is 2.00 bits per heavy atom. The molecule has 2 rings (SSSR count).